The highest BCUT2D eigenvalue weighted by Crippen LogP contribution is 2.11. The molecule has 0 amide bonds. The monoisotopic (exact) mass is 281 g/mol. The first-order valence-corrected chi connectivity index (χ1v) is 6.52. The average molecular weight is 281 g/mol. The zero-order valence-electron chi connectivity index (χ0n) is 11.1. The first-order chi connectivity index (χ1) is 10.1. The Hall–Kier alpha value is -2.75. The summed E-state index contributed by atoms with van der Waals surface area (Å²) in [6, 6.07) is 14.1. The number of Topliss-reactive ketones (excluding diaryl/α,β-unsaturated/α-hetero) is 1. The Bertz CT molecular complexity index is 883. The lowest BCUT2D eigenvalue weighted by Gasteiger charge is -2.10. The van der Waals surface area contributed by atoms with Gasteiger partial charge in [0.15, 0.2) is 11.2 Å². The van der Waals surface area contributed by atoms with Crippen LogP contribution in [0.25, 0.3) is 10.9 Å². The van der Waals surface area contributed by atoms with Gasteiger partial charge in [-0.05, 0) is 24.3 Å². The summed E-state index contributed by atoms with van der Waals surface area (Å²) in [4.78, 5) is 24.0. The molecule has 0 aliphatic carbocycles. The smallest absolute Gasteiger partial charge is 0.189 e. The predicted octanol–water partition coefficient (Wildman–Crippen LogP) is 3.02. The van der Waals surface area contributed by atoms with Crippen LogP contribution in [0.15, 0.2) is 65.6 Å². The summed E-state index contributed by atoms with van der Waals surface area (Å²) >= 11 is 0. The zero-order valence-corrected chi connectivity index (χ0v) is 11.1. The van der Waals surface area contributed by atoms with E-state index in [2.05, 4.69) is 0 Å². The van der Waals surface area contributed by atoms with Crippen molar-refractivity contribution >= 4 is 16.7 Å². The topological polar surface area (TPSA) is 39.1 Å². The van der Waals surface area contributed by atoms with E-state index in [1.54, 1.807) is 35.0 Å². The van der Waals surface area contributed by atoms with Gasteiger partial charge in [-0.25, -0.2) is 4.39 Å². The van der Waals surface area contributed by atoms with Crippen molar-refractivity contribution in [1.82, 2.24) is 4.57 Å². The molecule has 0 bridgehead atoms. The number of nitrogens with zero attached hydrogens (tertiary/aromatic N) is 1. The highest BCUT2D eigenvalue weighted by atomic mass is 19.1. The third-order valence-corrected chi connectivity index (χ3v) is 3.35. The number of carbonyl (C=O) groups is 1. The van der Waals surface area contributed by atoms with Crippen molar-refractivity contribution in [2.24, 2.45) is 0 Å². The van der Waals surface area contributed by atoms with E-state index in [9.17, 15) is 14.0 Å². The first-order valence-electron chi connectivity index (χ1n) is 6.52. The van der Waals surface area contributed by atoms with Crippen LogP contribution in [0.2, 0.25) is 0 Å². The number of rotatable bonds is 3. The fourth-order valence-electron chi connectivity index (χ4n) is 2.31. The number of aromatic nitrogens is 1. The Morgan fingerprint density at radius 3 is 2.67 bits per heavy atom. The number of hydrogen-bond donors (Lipinski definition) is 0. The molecule has 1 heterocycles. The highest BCUT2D eigenvalue weighted by molar-refractivity contribution is 5.96. The lowest BCUT2D eigenvalue weighted by Crippen LogP contribution is -2.14. The van der Waals surface area contributed by atoms with Crippen molar-refractivity contribution in [3.8, 4) is 0 Å². The maximum absolute atomic E-state index is 13.2. The van der Waals surface area contributed by atoms with Crippen molar-refractivity contribution in [2.75, 3.05) is 0 Å². The van der Waals surface area contributed by atoms with Crippen molar-refractivity contribution in [1.29, 1.82) is 0 Å². The first kappa shape index (κ1) is 13.2. The molecule has 0 saturated heterocycles. The second-order valence-corrected chi connectivity index (χ2v) is 4.76. The van der Waals surface area contributed by atoms with Gasteiger partial charge in [-0.15, -0.1) is 0 Å². The minimum absolute atomic E-state index is 0.0598. The van der Waals surface area contributed by atoms with Crippen molar-refractivity contribution < 1.29 is 9.18 Å². The molecule has 0 aliphatic rings. The molecular formula is C17H12FNO2. The molecule has 3 rings (SSSR count). The van der Waals surface area contributed by atoms with E-state index in [1.807, 2.05) is 6.07 Å². The van der Waals surface area contributed by atoms with Gasteiger partial charge in [-0.3, -0.25) is 9.59 Å². The van der Waals surface area contributed by atoms with Gasteiger partial charge in [0.05, 0.1) is 12.1 Å². The maximum Gasteiger partial charge on any atom is 0.189 e. The summed E-state index contributed by atoms with van der Waals surface area (Å²) < 4.78 is 14.9. The number of halogens is 1. The maximum atomic E-state index is 13.2. The lowest BCUT2D eigenvalue weighted by atomic mass is 10.1. The Balaban J connectivity index is 2.01. The number of carbonyl (C=O) groups excluding carboxylic acids is 1. The molecular weight excluding hydrogens is 269 g/mol. The summed E-state index contributed by atoms with van der Waals surface area (Å²) in [6.07, 6.45) is 1.59. The number of ketones is 1. The second-order valence-electron chi connectivity index (χ2n) is 4.76. The summed E-state index contributed by atoms with van der Waals surface area (Å²) in [5.74, 6) is -0.645. The van der Waals surface area contributed by atoms with Gasteiger partial charge >= 0.3 is 0 Å². The van der Waals surface area contributed by atoms with Crippen LogP contribution in [0.3, 0.4) is 0 Å². The summed E-state index contributed by atoms with van der Waals surface area (Å²) in [5, 5.41) is 0.562. The Morgan fingerprint density at radius 1 is 1.05 bits per heavy atom. The lowest BCUT2D eigenvalue weighted by molar-refractivity contribution is 0.0973. The number of benzene rings is 2. The van der Waals surface area contributed by atoms with Crippen LogP contribution in [-0.4, -0.2) is 10.4 Å². The van der Waals surface area contributed by atoms with E-state index in [0.29, 0.717) is 16.5 Å². The third-order valence-electron chi connectivity index (χ3n) is 3.35. The molecule has 4 heteroatoms. The molecule has 3 aromatic rings. The Labute approximate surface area is 120 Å². The number of pyridine rings is 1. The number of hydrogen-bond acceptors (Lipinski definition) is 2. The number of fused-ring (bicyclic) bond motifs is 1. The molecule has 0 unspecified atom stereocenters. The molecule has 3 nitrogen and oxygen atoms in total. The van der Waals surface area contributed by atoms with Gasteiger partial charge in [0, 0.05) is 23.2 Å². The van der Waals surface area contributed by atoms with Crippen molar-refractivity contribution in [3.63, 3.8) is 0 Å². The molecule has 0 radical (unpaired) electrons. The molecule has 0 saturated carbocycles. The Kier molecular flexibility index (Phi) is 3.36. The fraction of sp³-hybridized carbons (Fsp3) is 0.0588. The third kappa shape index (κ3) is 2.60. The van der Waals surface area contributed by atoms with E-state index in [1.165, 1.54) is 24.3 Å². The molecule has 0 fully saturated rings. The Morgan fingerprint density at radius 2 is 1.86 bits per heavy atom. The quantitative estimate of drug-likeness (QED) is 0.692. The zero-order chi connectivity index (χ0) is 14.8. The van der Waals surface area contributed by atoms with Crippen LogP contribution < -0.4 is 5.43 Å². The predicted molar refractivity (Wildman–Crippen MR) is 78.9 cm³/mol. The summed E-state index contributed by atoms with van der Waals surface area (Å²) in [7, 11) is 0. The minimum atomic E-state index is -0.439. The molecule has 104 valence electrons. The van der Waals surface area contributed by atoms with E-state index in [4.69, 9.17) is 0 Å². The molecule has 21 heavy (non-hydrogen) atoms. The molecule has 0 aliphatic heterocycles. The summed E-state index contributed by atoms with van der Waals surface area (Å²) in [5.41, 5.74) is 0.924. The van der Waals surface area contributed by atoms with Crippen LogP contribution in [0.1, 0.15) is 10.4 Å². The SMILES string of the molecule is O=C(Cn1ccc(=O)c2ccccc21)c1cccc(F)c1. The van der Waals surface area contributed by atoms with Gasteiger partial charge in [-0.2, -0.15) is 0 Å². The van der Waals surface area contributed by atoms with E-state index in [0.717, 1.165) is 0 Å². The van der Waals surface area contributed by atoms with Gasteiger partial charge < -0.3 is 4.57 Å². The van der Waals surface area contributed by atoms with Gasteiger partial charge in [-0.1, -0.05) is 24.3 Å². The second kappa shape index (κ2) is 5.32. The van der Waals surface area contributed by atoms with Crippen LogP contribution in [0, 0.1) is 5.82 Å². The fourth-order valence-corrected chi connectivity index (χ4v) is 2.31. The van der Waals surface area contributed by atoms with E-state index in [-0.39, 0.29) is 17.8 Å². The highest BCUT2D eigenvalue weighted by Gasteiger charge is 2.09. The van der Waals surface area contributed by atoms with Crippen LogP contribution in [-0.2, 0) is 6.54 Å². The average Bonchev–Trinajstić information content (AvgIpc) is 2.50. The van der Waals surface area contributed by atoms with Crippen LogP contribution in [0.4, 0.5) is 4.39 Å². The minimum Gasteiger partial charge on any atom is -0.339 e. The van der Waals surface area contributed by atoms with Gasteiger partial charge in [0.25, 0.3) is 0 Å². The molecule has 0 atom stereocenters. The molecule has 0 spiro atoms. The normalized spacial score (nSPS) is 10.7. The largest absolute Gasteiger partial charge is 0.339 e. The molecule has 0 N–H and O–H groups in total. The van der Waals surface area contributed by atoms with E-state index < -0.39 is 5.82 Å². The van der Waals surface area contributed by atoms with E-state index >= 15 is 0 Å². The molecule has 2 aromatic carbocycles. The van der Waals surface area contributed by atoms with Crippen molar-refractivity contribution in [2.45, 2.75) is 6.54 Å². The van der Waals surface area contributed by atoms with Crippen LogP contribution in [0.5, 0.6) is 0 Å². The number of para-hydroxylation sites is 1. The standard InChI is InChI=1S/C17H12FNO2/c18-13-5-3-4-12(10-13)17(21)11-19-9-8-16(20)14-6-1-2-7-15(14)19/h1-10H,11H2. The molecule has 1 aromatic heterocycles. The van der Waals surface area contributed by atoms with Gasteiger partial charge in [0.1, 0.15) is 5.82 Å². The van der Waals surface area contributed by atoms with Crippen LogP contribution >= 0.6 is 0 Å². The summed E-state index contributed by atoms with van der Waals surface area (Å²) in [6.45, 7) is 0.0598. The van der Waals surface area contributed by atoms with Crippen molar-refractivity contribution in [3.05, 3.63) is 82.4 Å². The van der Waals surface area contributed by atoms with Gasteiger partial charge in [0.2, 0.25) is 0 Å².